The lowest BCUT2D eigenvalue weighted by atomic mass is 9.46. The van der Waals surface area contributed by atoms with Crippen molar-refractivity contribution in [3.63, 3.8) is 0 Å². The molecule has 4 heterocycles. The van der Waals surface area contributed by atoms with Gasteiger partial charge in [-0.25, -0.2) is 4.79 Å². The van der Waals surface area contributed by atoms with Gasteiger partial charge < -0.3 is 23.7 Å². The molecule has 6 fully saturated rings. The van der Waals surface area contributed by atoms with Gasteiger partial charge in [0, 0.05) is 11.0 Å². The van der Waals surface area contributed by atoms with Crippen molar-refractivity contribution in [2.75, 3.05) is 6.61 Å². The number of epoxide rings is 3. The third-order valence-electron chi connectivity index (χ3n) is 10.7. The van der Waals surface area contributed by atoms with Crippen molar-refractivity contribution >= 4 is 11.9 Å². The number of carbonyl (C=O) groups excluding carboxylic acids is 2. The summed E-state index contributed by atoms with van der Waals surface area (Å²) in [5.74, 6) is 0.150. The van der Waals surface area contributed by atoms with Crippen LogP contribution in [0.1, 0.15) is 59.3 Å². The van der Waals surface area contributed by atoms with Gasteiger partial charge in [0.2, 0.25) is 0 Å². The zero-order valence-corrected chi connectivity index (χ0v) is 18.8. The van der Waals surface area contributed by atoms with Gasteiger partial charge in [0.25, 0.3) is 0 Å². The summed E-state index contributed by atoms with van der Waals surface area (Å²) in [6.45, 7) is 7.00. The molecule has 0 N–H and O–H groups in total. The first-order valence-corrected chi connectivity index (χ1v) is 12.4. The molecule has 0 unspecified atom stereocenters. The van der Waals surface area contributed by atoms with Gasteiger partial charge in [-0.1, -0.05) is 27.2 Å². The third-order valence-corrected chi connectivity index (χ3v) is 10.7. The molecule has 0 radical (unpaired) electrons. The van der Waals surface area contributed by atoms with E-state index in [0.29, 0.717) is 13.0 Å². The van der Waals surface area contributed by atoms with E-state index in [-0.39, 0.29) is 53.4 Å². The fourth-order valence-corrected chi connectivity index (χ4v) is 8.70. The molecule has 4 aliphatic carbocycles. The van der Waals surface area contributed by atoms with Crippen LogP contribution in [0.2, 0.25) is 0 Å². The maximum atomic E-state index is 13.1. The SMILES string of the molecule is CC(C)[C@@]12O[C@H]1[C@H]1O[C@]13[C@]1(O[C@H]1C[C@H]1C4=C(CC[C@@]13C)C(=O)OC4)[C@@H]2OC(=O)C1CCC1. The predicted octanol–water partition coefficient (Wildman–Crippen LogP) is 2.45. The molecule has 3 saturated heterocycles. The molecule has 0 aromatic carbocycles. The Labute approximate surface area is 187 Å². The fourth-order valence-electron chi connectivity index (χ4n) is 8.70. The van der Waals surface area contributed by atoms with Crippen molar-refractivity contribution < 1.29 is 33.3 Å². The van der Waals surface area contributed by atoms with Gasteiger partial charge in [-0.2, -0.15) is 0 Å². The highest BCUT2D eigenvalue weighted by Crippen LogP contribution is 2.83. The first-order valence-electron chi connectivity index (χ1n) is 12.4. The van der Waals surface area contributed by atoms with Gasteiger partial charge in [0.05, 0.1) is 12.0 Å². The zero-order chi connectivity index (χ0) is 21.8. The van der Waals surface area contributed by atoms with Crippen LogP contribution < -0.4 is 0 Å². The summed E-state index contributed by atoms with van der Waals surface area (Å²) in [6, 6.07) is 0. The highest BCUT2D eigenvalue weighted by atomic mass is 16.8. The van der Waals surface area contributed by atoms with E-state index in [9.17, 15) is 9.59 Å². The highest BCUT2D eigenvalue weighted by Gasteiger charge is 3.01. The van der Waals surface area contributed by atoms with Gasteiger partial charge in [-0.3, -0.25) is 4.79 Å². The average molecular weight is 443 g/mol. The smallest absolute Gasteiger partial charge is 0.334 e. The minimum atomic E-state index is -0.638. The maximum Gasteiger partial charge on any atom is 0.334 e. The summed E-state index contributed by atoms with van der Waals surface area (Å²) in [4.78, 5) is 25.4. The molecule has 7 nitrogen and oxygen atoms in total. The van der Waals surface area contributed by atoms with Crippen LogP contribution in [-0.4, -0.2) is 59.8 Å². The van der Waals surface area contributed by atoms with Crippen LogP contribution >= 0.6 is 0 Å². The lowest BCUT2D eigenvalue weighted by Gasteiger charge is -2.53. The second-order valence-corrected chi connectivity index (χ2v) is 12.0. The van der Waals surface area contributed by atoms with Crippen molar-refractivity contribution in [3.05, 3.63) is 11.1 Å². The molecule has 32 heavy (non-hydrogen) atoms. The molecule has 7 heteroatoms. The van der Waals surface area contributed by atoms with Crippen molar-refractivity contribution in [1.29, 1.82) is 0 Å². The Hall–Kier alpha value is -1.44. The first-order chi connectivity index (χ1) is 15.3. The van der Waals surface area contributed by atoms with E-state index in [1.807, 2.05) is 0 Å². The van der Waals surface area contributed by atoms with E-state index in [1.54, 1.807) is 0 Å². The Morgan fingerprint density at radius 2 is 1.97 bits per heavy atom. The molecule has 0 aromatic rings. The Bertz CT molecular complexity index is 1010. The van der Waals surface area contributed by atoms with E-state index >= 15 is 0 Å². The van der Waals surface area contributed by atoms with Crippen LogP contribution in [0.4, 0.5) is 0 Å². The molecule has 4 aliphatic heterocycles. The number of fused-ring (bicyclic) bond motifs is 4. The molecule has 0 amide bonds. The number of cyclic esters (lactones) is 1. The first kappa shape index (κ1) is 18.9. The van der Waals surface area contributed by atoms with Gasteiger partial charge in [0.1, 0.15) is 30.0 Å². The standard InChI is InChI=1S/C25H30O7/c1-11(2)23-17(31-23)18-25(32-18)22(3)8-7-13-14(10-28-20(13)27)15(22)9-16-24(25,30-16)21(23)29-19(26)12-5-4-6-12/h11-12,15-18,21H,4-10H2,1-3H3/t15-,16-,17-,18+,21+,22-,23+,24+,25+/m0/s1. The quantitative estimate of drug-likeness (QED) is 0.490. The summed E-state index contributed by atoms with van der Waals surface area (Å²) < 4.78 is 31.6. The molecule has 9 atom stereocenters. The number of esters is 2. The Morgan fingerprint density at radius 3 is 2.69 bits per heavy atom. The number of carbonyl (C=O) groups is 2. The predicted molar refractivity (Wildman–Crippen MR) is 108 cm³/mol. The van der Waals surface area contributed by atoms with E-state index in [4.69, 9.17) is 23.7 Å². The third kappa shape index (κ3) is 1.71. The largest absolute Gasteiger partial charge is 0.458 e. The van der Waals surface area contributed by atoms with Gasteiger partial charge in [-0.15, -0.1) is 0 Å². The molecule has 3 saturated carbocycles. The summed E-state index contributed by atoms with van der Waals surface area (Å²) in [5, 5.41) is 0. The van der Waals surface area contributed by atoms with Gasteiger partial charge in [-0.05, 0) is 49.5 Å². The van der Waals surface area contributed by atoms with Crippen LogP contribution in [0.5, 0.6) is 0 Å². The molecule has 8 rings (SSSR count). The highest BCUT2D eigenvalue weighted by molar-refractivity contribution is 5.92. The monoisotopic (exact) mass is 442 g/mol. The summed E-state index contributed by atoms with van der Waals surface area (Å²) >= 11 is 0. The maximum absolute atomic E-state index is 13.1. The molecule has 172 valence electrons. The topological polar surface area (TPSA) is 90.2 Å². The van der Waals surface area contributed by atoms with E-state index in [2.05, 4.69) is 20.8 Å². The van der Waals surface area contributed by atoms with E-state index in [0.717, 1.165) is 43.3 Å². The van der Waals surface area contributed by atoms with Gasteiger partial charge >= 0.3 is 11.9 Å². The summed E-state index contributed by atoms with van der Waals surface area (Å²) in [5.41, 5.74) is 0.138. The Morgan fingerprint density at radius 1 is 1.16 bits per heavy atom. The number of hydrogen-bond donors (Lipinski definition) is 0. The number of hydrogen-bond acceptors (Lipinski definition) is 7. The molecular formula is C25H30O7. The van der Waals surface area contributed by atoms with Gasteiger partial charge in [0.15, 0.2) is 11.7 Å². The summed E-state index contributed by atoms with van der Waals surface area (Å²) in [6.07, 6.45) is 4.72. The van der Waals surface area contributed by atoms with Crippen molar-refractivity contribution in [2.24, 2.45) is 23.2 Å². The Balaban J connectivity index is 1.24. The van der Waals surface area contributed by atoms with Crippen molar-refractivity contribution in [2.45, 2.75) is 101 Å². The van der Waals surface area contributed by atoms with Crippen molar-refractivity contribution in [1.82, 2.24) is 0 Å². The lowest BCUT2D eigenvalue weighted by Crippen LogP contribution is -2.70. The van der Waals surface area contributed by atoms with Crippen LogP contribution in [-0.2, 0) is 33.3 Å². The lowest BCUT2D eigenvalue weighted by molar-refractivity contribution is -0.176. The van der Waals surface area contributed by atoms with Crippen LogP contribution in [0.25, 0.3) is 0 Å². The minimum absolute atomic E-state index is 0.00905. The average Bonchev–Trinajstić information content (AvgIpc) is 3.59. The molecule has 0 aromatic heterocycles. The second kappa shape index (κ2) is 5.28. The van der Waals surface area contributed by atoms with E-state index < -0.39 is 22.9 Å². The van der Waals surface area contributed by atoms with Crippen LogP contribution in [0.15, 0.2) is 11.1 Å². The number of rotatable bonds is 3. The number of ether oxygens (including phenoxy) is 5. The normalized spacial score (nSPS) is 56.0. The van der Waals surface area contributed by atoms with Crippen LogP contribution in [0, 0.1) is 23.2 Å². The Kier molecular flexibility index (Phi) is 3.12. The molecular weight excluding hydrogens is 412 g/mol. The summed E-state index contributed by atoms with van der Waals surface area (Å²) in [7, 11) is 0. The zero-order valence-electron chi connectivity index (χ0n) is 18.8. The second-order valence-electron chi connectivity index (χ2n) is 12.0. The van der Waals surface area contributed by atoms with Crippen LogP contribution in [0.3, 0.4) is 0 Å². The van der Waals surface area contributed by atoms with Crippen molar-refractivity contribution in [3.8, 4) is 0 Å². The molecule has 0 bridgehead atoms. The minimum Gasteiger partial charge on any atom is -0.458 e. The fraction of sp³-hybridized carbons (Fsp3) is 0.840. The molecule has 2 spiro atoms. The molecule has 8 aliphatic rings. The van der Waals surface area contributed by atoms with E-state index in [1.165, 1.54) is 0 Å².